The first kappa shape index (κ1) is 25.8. The van der Waals surface area contributed by atoms with Gasteiger partial charge < -0.3 is 24.8 Å². The van der Waals surface area contributed by atoms with Gasteiger partial charge in [-0.1, -0.05) is 25.3 Å². The molecule has 2 fully saturated rings. The van der Waals surface area contributed by atoms with E-state index in [-0.39, 0.29) is 30.3 Å². The summed E-state index contributed by atoms with van der Waals surface area (Å²) >= 11 is 0. The molecule has 0 heterocycles. The van der Waals surface area contributed by atoms with E-state index in [1.54, 1.807) is 6.07 Å². The monoisotopic (exact) mass is 462 g/mol. The molecule has 0 unspecified atom stereocenters. The van der Waals surface area contributed by atoms with Gasteiger partial charge in [0.05, 0.1) is 12.2 Å². The van der Waals surface area contributed by atoms with Crippen molar-refractivity contribution in [2.75, 3.05) is 6.61 Å². The molecule has 1 aromatic carbocycles. The maximum atomic E-state index is 11.9. The Morgan fingerprint density at radius 1 is 1.12 bits per heavy atom. The number of carbonyl (C=O) groups excluding carboxylic acids is 1. The molecule has 2 aliphatic carbocycles. The second-order valence-electron chi connectivity index (χ2n) is 10.1. The number of aliphatic hydroxyl groups excluding tert-OH is 2. The minimum atomic E-state index is -0.650. The molecule has 0 bridgehead atoms. The van der Waals surface area contributed by atoms with Crippen molar-refractivity contribution in [2.24, 2.45) is 5.92 Å². The maximum Gasteiger partial charge on any atom is 0.303 e. The number of rotatable bonds is 12. The van der Waals surface area contributed by atoms with E-state index in [1.807, 2.05) is 12.1 Å². The molecule has 6 heteroatoms. The number of aryl methyl sites for hydroxylation is 1. The van der Waals surface area contributed by atoms with Crippen LogP contribution >= 0.6 is 0 Å². The molecule has 3 atom stereocenters. The second-order valence-corrected chi connectivity index (χ2v) is 10.1. The van der Waals surface area contributed by atoms with Gasteiger partial charge in [-0.25, -0.2) is 0 Å². The van der Waals surface area contributed by atoms with Crippen LogP contribution in [-0.2, 0) is 16.0 Å². The fourth-order valence-corrected chi connectivity index (χ4v) is 5.54. The average molecular weight is 463 g/mol. The SMILES string of the molecule is CC(=O)O[C@@]1(CCc2ccc(O)c(OC3CCCC3)c2)CC[C@H](CCCCCCO)[C@H](O)C1. The first-order valence-corrected chi connectivity index (χ1v) is 12.9. The Bertz CT molecular complexity index is 744. The number of ether oxygens (including phenoxy) is 2. The molecule has 186 valence electrons. The lowest BCUT2D eigenvalue weighted by Gasteiger charge is -2.42. The molecule has 0 aliphatic heterocycles. The van der Waals surface area contributed by atoms with E-state index in [1.165, 1.54) is 19.8 Å². The van der Waals surface area contributed by atoms with Crippen molar-refractivity contribution >= 4 is 5.97 Å². The van der Waals surface area contributed by atoms with Gasteiger partial charge in [-0.2, -0.15) is 0 Å². The zero-order valence-electron chi connectivity index (χ0n) is 20.1. The van der Waals surface area contributed by atoms with Crippen LogP contribution in [0, 0.1) is 5.92 Å². The normalized spacial score (nSPS) is 25.8. The quantitative estimate of drug-likeness (QED) is 0.297. The van der Waals surface area contributed by atoms with Gasteiger partial charge in [0.1, 0.15) is 5.60 Å². The maximum absolute atomic E-state index is 11.9. The third kappa shape index (κ3) is 7.89. The molecule has 33 heavy (non-hydrogen) atoms. The van der Waals surface area contributed by atoms with E-state index in [0.29, 0.717) is 25.0 Å². The summed E-state index contributed by atoms with van der Waals surface area (Å²) in [4.78, 5) is 11.9. The summed E-state index contributed by atoms with van der Waals surface area (Å²) in [5.41, 5.74) is 0.385. The number of benzene rings is 1. The molecule has 0 amide bonds. The number of hydrogen-bond donors (Lipinski definition) is 3. The van der Waals surface area contributed by atoms with Crippen LogP contribution in [0.2, 0.25) is 0 Å². The van der Waals surface area contributed by atoms with Gasteiger partial charge in [-0.05, 0) is 87.8 Å². The van der Waals surface area contributed by atoms with Crippen LogP contribution in [0.4, 0.5) is 0 Å². The second kappa shape index (κ2) is 12.6. The van der Waals surface area contributed by atoms with E-state index in [4.69, 9.17) is 14.6 Å². The molecule has 0 saturated heterocycles. The molecule has 0 aromatic heterocycles. The number of phenols is 1. The minimum absolute atomic E-state index is 0.162. The van der Waals surface area contributed by atoms with Gasteiger partial charge in [-0.15, -0.1) is 0 Å². The summed E-state index contributed by atoms with van der Waals surface area (Å²) in [6.07, 6.45) is 12.5. The van der Waals surface area contributed by atoms with Crippen molar-refractivity contribution in [1.82, 2.24) is 0 Å². The zero-order chi connectivity index (χ0) is 23.7. The Hall–Kier alpha value is -1.79. The van der Waals surface area contributed by atoms with Crippen molar-refractivity contribution in [1.29, 1.82) is 0 Å². The summed E-state index contributed by atoms with van der Waals surface area (Å²) < 4.78 is 11.9. The van der Waals surface area contributed by atoms with E-state index in [0.717, 1.165) is 63.4 Å². The molecule has 3 rings (SSSR count). The van der Waals surface area contributed by atoms with Crippen LogP contribution in [0.1, 0.15) is 96.0 Å². The highest BCUT2D eigenvalue weighted by Gasteiger charge is 2.42. The Balaban J connectivity index is 1.58. The van der Waals surface area contributed by atoms with Crippen molar-refractivity contribution in [2.45, 2.75) is 115 Å². The molecule has 0 spiro atoms. The molecule has 6 nitrogen and oxygen atoms in total. The van der Waals surface area contributed by atoms with Crippen molar-refractivity contribution < 1.29 is 29.6 Å². The fourth-order valence-electron chi connectivity index (χ4n) is 5.54. The number of phenolic OH excluding ortho intramolecular Hbond substituents is 1. The summed E-state index contributed by atoms with van der Waals surface area (Å²) in [5.74, 6) is 0.629. The molecule has 1 aromatic rings. The van der Waals surface area contributed by atoms with Gasteiger partial charge >= 0.3 is 5.97 Å². The number of esters is 1. The predicted molar refractivity (Wildman–Crippen MR) is 127 cm³/mol. The van der Waals surface area contributed by atoms with Gasteiger partial charge in [0.2, 0.25) is 0 Å². The van der Waals surface area contributed by atoms with Crippen molar-refractivity contribution in [3.63, 3.8) is 0 Å². The average Bonchev–Trinajstić information content (AvgIpc) is 3.28. The van der Waals surface area contributed by atoms with Crippen LogP contribution in [0.3, 0.4) is 0 Å². The number of aromatic hydroxyl groups is 1. The number of unbranched alkanes of at least 4 members (excludes halogenated alkanes) is 3. The van der Waals surface area contributed by atoms with Crippen molar-refractivity contribution in [3.8, 4) is 11.5 Å². The zero-order valence-corrected chi connectivity index (χ0v) is 20.1. The fraction of sp³-hybridized carbons (Fsp3) is 0.741. The van der Waals surface area contributed by atoms with E-state index >= 15 is 0 Å². The Labute approximate surface area is 198 Å². The Kier molecular flexibility index (Phi) is 9.87. The first-order valence-electron chi connectivity index (χ1n) is 12.9. The molecular weight excluding hydrogens is 420 g/mol. The lowest BCUT2D eigenvalue weighted by molar-refractivity contribution is -0.168. The molecular formula is C27H42O6. The topological polar surface area (TPSA) is 96.2 Å². The molecule has 2 saturated carbocycles. The predicted octanol–water partition coefficient (Wildman–Crippen LogP) is 5.05. The summed E-state index contributed by atoms with van der Waals surface area (Å²) in [7, 11) is 0. The summed E-state index contributed by atoms with van der Waals surface area (Å²) in [6, 6.07) is 5.48. The van der Waals surface area contributed by atoms with Gasteiger partial charge in [0.25, 0.3) is 0 Å². The lowest BCUT2D eigenvalue weighted by atomic mass is 9.72. The smallest absolute Gasteiger partial charge is 0.303 e. The molecule has 2 aliphatic rings. The third-order valence-electron chi connectivity index (χ3n) is 7.43. The van der Waals surface area contributed by atoms with E-state index < -0.39 is 11.7 Å². The number of hydrogen-bond acceptors (Lipinski definition) is 6. The highest BCUT2D eigenvalue weighted by Crippen LogP contribution is 2.41. The van der Waals surface area contributed by atoms with Crippen LogP contribution in [0.5, 0.6) is 11.5 Å². The Morgan fingerprint density at radius 3 is 2.58 bits per heavy atom. The van der Waals surface area contributed by atoms with Gasteiger partial charge in [0.15, 0.2) is 11.5 Å². The van der Waals surface area contributed by atoms with E-state index in [2.05, 4.69) is 0 Å². The summed E-state index contributed by atoms with van der Waals surface area (Å²) in [5, 5.41) is 30.0. The van der Waals surface area contributed by atoms with Crippen LogP contribution in [0.25, 0.3) is 0 Å². The summed E-state index contributed by atoms with van der Waals surface area (Å²) in [6.45, 7) is 1.68. The number of carbonyl (C=O) groups is 1. The highest BCUT2D eigenvalue weighted by molar-refractivity contribution is 5.66. The van der Waals surface area contributed by atoms with Gasteiger partial charge in [-0.3, -0.25) is 4.79 Å². The van der Waals surface area contributed by atoms with Crippen molar-refractivity contribution in [3.05, 3.63) is 23.8 Å². The minimum Gasteiger partial charge on any atom is -0.504 e. The molecule has 0 radical (unpaired) electrons. The van der Waals surface area contributed by atoms with Crippen LogP contribution in [-0.4, -0.2) is 45.7 Å². The standard InChI is InChI=1S/C27H42O6/c1-20(29)33-27(16-14-22(25(31)19-27)8-4-2-3-7-17-28)15-13-21-11-12-24(30)26(18-21)32-23-9-5-6-10-23/h11-12,18,22-23,25,28,30-31H,2-10,13-17,19H2,1H3/t22-,25+,27-/m0/s1. The van der Waals surface area contributed by atoms with Gasteiger partial charge in [0, 0.05) is 20.0 Å². The highest BCUT2D eigenvalue weighted by atomic mass is 16.6. The lowest BCUT2D eigenvalue weighted by Crippen LogP contribution is -2.45. The van der Waals surface area contributed by atoms with E-state index in [9.17, 15) is 15.0 Å². The number of aliphatic hydroxyl groups is 2. The van der Waals surface area contributed by atoms with Crippen LogP contribution < -0.4 is 4.74 Å². The third-order valence-corrected chi connectivity index (χ3v) is 7.43. The Morgan fingerprint density at radius 2 is 1.88 bits per heavy atom. The largest absolute Gasteiger partial charge is 0.504 e. The van der Waals surface area contributed by atoms with Crippen LogP contribution in [0.15, 0.2) is 18.2 Å². The molecule has 3 N–H and O–H groups in total. The first-order chi connectivity index (χ1) is 15.9.